The van der Waals surface area contributed by atoms with E-state index in [0.717, 1.165) is 6.42 Å². The highest BCUT2D eigenvalue weighted by Gasteiger charge is 2.22. The number of hydrogen-bond acceptors (Lipinski definition) is 0. The van der Waals surface area contributed by atoms with Gasteiger partial charge in [0.05, 0.1) is 0 Å². The highest BCUT2D eigenvalue weighted by atomic mass is 14.3. The average molecular weight is 264 g/mol. The van der Waals surface area contributed by atoms with E-state index in [1.807, 2.05) is 0 Å². The Labute approximate surface area is 123 Å². The summed E-state index contributed by atoms with van der Waals surface area (Å²) in [5, 5.41) is 0. The molecule has 0 fully saturated rings. The molecule has 0 aromatic heterocycles. The lowest BCUT2D eigenvalue weighted by molar-refractivity contribution is 0.541. The molecule has 20 heavy (non-hydrogen) atoms. The van der Waals surface area contributed by atoms with Crippen LogP contribution < -0.4 is 0 Å². The van der Waals surface area contributed by atoms with Gasteiger partial charge in [0.2, 0.25) is 0 Å². The van der Waals surface area contributed by atoms with Gasteiger partial charge in [0.15, 0.2) is 0 Å². The van der Waals surface area contributed by atoms with Gasteiger partial charge in [-0.3, -0.25) is 0 Å². The Hall–Kier alpha value is -1.82. The van der Waals surface area contributed by atoms with Gasteiger partial charge in [0.1, 0.15) is 0 Å². The van der Waals surface area contributed by atoms with Gasteiger partial charge < -0.3 is 0 Å². The zero-order chi connectivity index (χ0) is 14.8. The van der Waals surface area contributed by atoms with Gasteiger partial charge in [0.25, 0.3) is 0 Å². The summed E-state index contributed by atoms with van der Waals surface area (Å²) in [7, 11) is 0. The van der Waals surface area contributed by atoms with Crippen LogP contribution in [0.3, 0.4) is 0 Å². The zero-order valence-electron chi connectivity index (χ0n) is 13.0. The van der Waals surface area contributed by atoms with Crippen LogP contribution in [0.5, 0.6) is 0 Å². The van der Waals surface area contributed by atoms with Gasteiger partial charge in [-0.25, -0.2) is 0 Å². The van der Waals surface area contributed by atoms with Crippen molar-refractivity contribution in [1.29, 1.82) is 0 Å². The van der Waals surface area contributed by atoms with Crippen molar-refractivity contribution >= 4 is 5.57 Å². The van der Waals surface area contributed by atoms with Crippen molar-refractivity contribution in [2.75, 3.05) is 0 Å². The Balaban J connectivity index is 2.22. The standard InChI is InChI=1S/C20H24/c1-15-8-6-10-18(12-15)17(3)14-20(4,5)19-11-7-9-16(2)13-19/h6-13H,3,14H2,1-2,4-5H3. The van der Waals surface area contributed by atoms with Gasteiger partial charge in [-0.1, -0.05) is 80.1 Å². The van der Waals surface area contributed by atoms with E-state index in [1.165, 1.54) is 27.8 Å². The molecule has 0 heteroatoms. The van der Waals surface area contributed by atoms with Crippen LogP contribution in [-0.4, -0.2) is 0 Å². The Kier molecular flexibility index (Phi) is 4.13. The molecule has 0 bridgehead atoms. The third kappa shape index (κ3) is 3.39. The second-order valence-electron chi connectivity index (χ2n) is 6.40. The number of allylic oxidation sites excluding steroid dienone is 1. The molecule has 0 nitrogen and oxygen atoms in total. The normalized spacial score (nSPS) is 11.4. The molecule has 2 aromatic carbocycles. The van der Waals surface area contributed by atoms with Gasteiger partial charge in [-0.05, 0) is 42.4 Å². The number of aryl methyl sites for hydroxylation is 2. The first-order valence-corrected chi connectivity index (χ1v) is 7.20. The predicted octanol–water partition coefficient (Wildman–Crippen LogP) is 5.68. The first-order chi connectivity index (χ1) is 9.38. The molecule has 104 valence electrons. The summed E-state index contributed by atoms with van der Waals surface area (Å²) in [6, 6.07) is 17.4. The molecule has 0 N–H and O–H groups in total. The van der Waals surface area contributed by atoms with Crippen LogP contribution in [0.2, 0.25) is 0 Å². The molecular weight excluding hydrogens is 240 g/mol. The topological polar surface area (TPSA) is 0 Å². The molecule has 0 unspecified atom stereocenters. The fourth-order valence-electron chi connectivity index (χ4n) is 2.67. The molecule has 2 aromatic rings. The maximum absolute atomic E-state index is 4.30. The predicted molar refractivity (Wildman–Crippen MR) is 89.0 cm³/mol. The minimum absolute atomic E-state index is 0.104. The molecule has 0 saturated carbocycles. The third-order valence-corrected chi connectivity index (χ3v) is 3.88. The molecule has 0 saturated heterocycles. The van der Waals surface area contributed by atoms with Gasteiger partial charge in [0, 0.05) is 0 Å². The molecular formula is C20H24. The summed E-state index contributed by atoms with van der Waals surface area (Å²) < 4.78 is 0. The van der Waals surface area contributed by atoms with Gasteiger partial charge in [-0.2, -0.15) is 0 Å². The summed E-state index contributed by atoms with van der Waals surface area (Å²) in [5.74, 6) is 0. The molecule has 0 aliphatic rings. The largest absolute Gasteiger partial charge is 0.0952 e. The first kappa shape index (κ1) is 14.6. The smallest absolute Gasteiger partial charge is 0.00631 e. The van der Waals surface area contributed by atoms with Crippen molar-refractivity contribution in [3.63, 3.8) is 0 Å². The van der Waals surface area contributed by atoms with E-state index in [9.17, 15) is 0 Å². The van der Waals surface area contributed by atoms with E-state index >= 15 is 0 Å². The Morgan fingerprint density at radius 3 is 2.15 bits per heavy atom. The first-order valence-electron chi connectivity index (χ1n) is 7.20. The monoisotopic (exact) mass is 264 g/mol. The molecule has 2 rings (SSSR count). The highest BCUT2D eigenvalue weighted by molar-refractivity contribution is 5.65. The van der Waals surface area contributed by atoms with Crippen molar-refractivity contribution in [2.45, 2.75) is 39.5 Å². The molecule has 0 amide bonds. The van der Waals surface area contributed by atoms with Crippen LogP contribution >= 0.6 is 0 Å². The summed E-state index contributed by atoms with van der Waals surface area (Å²) >= 11 is 0. The maximum Gasteiger partial charge on any atom is -0.00631 e. The fourth-order valence-corrected chi connectivity index (χ4v) is 2.67. The quantitative estimate of drug-likeness (QED) is 0.666. The fraction of sp³-hybridized carbons (Fsp3) is 0.300. The molecule has 0 spiro atoms. The lowest BCUT2D eigenvalue weighted by Gasteiger charge is -2.27. The van der Waals surface area contributed by atoms with Crippen molar-refractivity contribution in [1.82, 2.24) is 0 Å². The molecule has 0 radical (unpaired) electrons. The highest BCUT2D eigenvalue weighted by Crippen LogP contribution is 2.34. The SMILES string of the molecule is C=C(CC(C)(C)c1cccc(C)c1)c1cccc(C)c1. The Bertz CT molecular complexity index is 617. The van der Waals surface area contributed by atoms with E-state index < -0.39 is 0 Å². The van der Waals surface area contributed by atoms with E-state index in [-0.39, 0.29) is 5.41 Å². The van der Waals surface area contributed by atoms with Crippen LogP contribution in [0.15, 0.2) is 55.1 Å². The summed E-state index contributed by atoms with van der Waals surface area (Å²) in [4.78, 5) is 0. The van der Waals surface area contributed by atoms with Crippen LogP contribution in [-0.2, 0) is 5.41 Å². The molecule has 0 heterocycles. The molecule has 0 aliphatic carbocycles. The van der Waals surface area contributed by atoms with Crippen LogP contribution in [0.1, 0.15) is 42.5 Å². The van der Waals surface area contributed by atoms with Crippen LogP contribution in [0.4, 0.5) is 0 Å². The number of benzene rings is 2. The summed E-state index contributed by atoms with van der Waals surface area (Å²) in [6.07, 6.45) is 0.972. The van der Waals surface area contributed by atoms with Crippen molar-refractivity contribution < 1.29 is 0 Å². The lowest BCUT2D eigenvalue weighted by Crippen LogP contribution is -2.17. The minimum atomic E-state index is 0.104. The third-order valence-electron chi connectivity index (χ3n) is 3.88. The zero-order valence-corrected chi connectivity index (χ0v) is 13.0. The minimum Gasteiger partial charge on any atom is -0.0952 e. The summed E-state index contributed by atoms with van der Waals surface area (Å²) in [5.41, 5.74) is 6.55. The molecule has 0 aliphatic heterocycles. The molecule has 0 atom stereocenters. The Morgan fingerprint density at radius 1 is 0.950 bits per heavy atom. The Morgan fingerprint density at radius 2 is 1.55 bits per heavy atom. The number of rotatable bonds is 4. The second kappa shape index (κ2) is 5.66. The van der Waals surface area contributed by atoms with E-state index in [1.54, 1.807) is 0 Å². The maximum atomic E-state index is 4.30. The number of hydrogen-bond donors (Lipinski definition) is 0. The second-order valence-corrected chi connectivity index (χ2v) is 6.40. The van der Waals surface area contributed by atoms with E-state index in [0.29, 0.717) is 0 Å². The van der Waals surface area contributed by atoms with Crippen molar-refractivity contribution in [2.24, 2.45) is 0 Å². The summed E-state index contributed by atoms with van der Waals surface area (Å²) in [6.45, 7) is 13.2. The van der Waals surface area contributed by atoms with Gasteiger partial charge >= 0.3 is 0 Å². The van der Waals surface area contributed by atoms with Crippen molar-refractivity contribution in [3.8, 4) is 0 Å². The van der Waals surface area contributed by atoms with Crippen LogP contribution in [0, 0.1) is 13.8 Å². The van der Waals surface area contributed by atoms with Crippen LogP contribution in [0.25, 0.3) is 5.57 Å². The average Bonchev–Trinajstić information content (AvgIpc) is 2.38. The van der Waals surface area contributed by atoms with Crippen molar-refractivity contribution in [3.05, 3.63) is 77.4 Å². The van der Waals surface area contributed by atoms with E-state index in [4.69, 9.17) is 0 Å². The van der Waals surface area contributed by atoms with Gasteiger partial charge in [-0.15, -0.1) is 0 Å². The van der Waals surface area contributed by atoms with E-state index in [2.05, 4.69) is 82.8 Å². The lowest BCUT2D eigenvalue weighted by atomic mass is 9.77.